The van der Waals surface area contributed by atoms with Crippen LogP contribution in [0.25, 0.3) is 10.3 Å². The van der Waals surface area contributed by atoms with E-state index in [0.29, 0.717) is 0 Å². The molecule has 7 nitrogen and oxygen atoms in total. The van der Waals surface area contributed by atoms with Gasteiger partial charge in [0.15, 0.2) is 5.13 Å². The van der Waals surface area contributed by atoms with Gasteiger partial charge >= 0.3 is 0 Å². The minimum absolute atomic E-state index is 0.784. The zero-order chi connectivity index (χ0) is 21.9. The van der Waals surface area contributed by atoms with Crippen LogP contribution in [0.1, 0.15) is 11.1 Å². The SMILES string of the molecule is Cc1ccc(N(C)c2ccc3nc(Nc4ncccc4CN4CCOCC4)sc3n2)cc1. The van der Waals surface area contributed by atoms with E-state index < -0.39 is 0 Å². The molecule has 1 aliphatic rings. The Labute approximate surface area is 191 Å². The van der Waals surface area contributed by atoms with Crippen molar-refractivity contribution in [1.29, 1.82) is 0 Å². The molecule has 0 atom stereocenters. The number of pyridine rings is 2. The van der Waals surface area contributed by atoms with Gasteiger partial charge in [0.2, 0.25) is 0 Å². The van der Waals surface area contributed by atoms with Gasteiger partial charge in [-0.15, -0.1) is 0 Å². The fourth-order valence-corrected chi connectivity index (χ4v) is 4.56. The molecule has 4 heterocycles. The van der Waals surface area contributed by atoms with Crippen molar-refractivity contribution < 1.29 is 4.74 Å². The highest BCUT2D eigenvalue weighted by Gasteiger charge is 2.15. The lowest BCUT2D eigenvalue weighted by Crippen LogP contribution is -2.35. The van der Waals surface area contributed by atoms with Gasteiger partial charge in [-0.25, -0.2) is 15.0 Å². The van der Waals surface area contributed by atoms with Gasteiger partial charge < -0.3 is 15.0 Å². The van der Waals surface area contributed by atoms with Crippen LogP contribution in [0.2, 0.25) is 0 Å². The van der Waals surface area contributed by atoms with E-state index in [-0.39, 0.29) is 0 Å². The number of ether oxygens (including phenoxy) is 1. The second-order valence-electron chi connectivity index (χ2n) is 7.93. The van der Waals surface area contributed by atoms with Crippen molar-refractivity contribution in [3.63, 3.8) is 0 Å². The molecule has 1 aromatic carbocycles. The third kappa shape index (κ3) is 4.57. The van der Waals surface area contributed by atoms with E-state index in [4.69, 9.17) is 14.7 Å². The smallest absolute Gasteiger partial charge is 0.190 e. The van der Waals surface area contributed by atoms with Crippen molar-refractivity contribution in [3.05, 3.63) is 65.9 Å². The summed E-state index contributed by atoms with van der Waals surface area (Å²) in [6.07, 6.45) is 1.81. The molecule has 0 saturated carbocycles. The quantitative estimate of drug-likeness (QED) is 0.459. The number of hydrogen-bond acceptors (Lipinski definition) is 8. The van der Waals surface area contributed by atoms with E-state index in [9.17, 15) is 0 Å². The molecular formula is C24H26N6OS. The van der Waals surface area contributed by atoms with Crippen LogP contribution in [-0.4, -0.2) is 53.2 Å². The van der Waals surface area contributed by atoms with Gasteiger partial charge in [0.1, 0.15) is 22.0 Å². The zero-order valence-electron chi connectivity index (χ0n) is 18.3. The van der Waals surface area contributed by atoms with Crippen LogP contribution >= 0.6 is 11.3 Å². The lowest BCUT2D eigenvalue weighted by Gasteiger charge is -2.27. The molecule has 8 heteroatoms. The number of thiazole rings is 1. The van der Waals surface area contributed by atoms with Gasteiger partial charge in [-0.05, 0) is 37.3 Å². The third-order valence-electron chi connectivity index (χ3n) is 5.62. The summed E-state index contributed by atoms with van der Waals surface area (Å²) >= 11 is 1.54. The van der Waals surface area contributed by atoms with E-state index in [1.165, 1.54) is 5.56 Å². The van der Waals surface area contributed by atoms with Crippen LogP contribution in [0.3, 0.4) is 0 Å². The van der Waals surface area contributed by atoms with Gasteiger partial charge in [0.05, 0.1) is 13.2 Å². The van der Waals surface area contributed by atoms with Gasteiger partial charge in [0, 0.05) is 44.1 Å². The maximum Gasteiger partial charge on any atom is 0.190 e. The molecule has 4 aromatic rings. The summed E-state index contributed by atoms with van der Waals surface area (Å²) in [6.45, 7) is 6.38. The lowest BCUT2D eigenvalue weighted by atomic mass is 10.2. The molecule has 0 amide bonds. The molecule has 1 fully saturated rings. The van der Waals surface area contributed by atoms with Gasteiger partial charge in [-0.3, -0.25) is 4.90 Å². The minimum Gasteiger partial charge on any atom is -0.379 e. The van der Waals surface area contributed by atoms with Crippen molar-refractivity contribution in [2.45, 2.75) is 13.5 Å². The highest BCUT2D eigenvalue weighted by molar-refractivity contribution is 7.21. The molecule has 0 unspecified atom stereocenters. The Morgan fingerprint density at radius 3 is 2.69 bits per heavy atom. The number of aromatic nitrogens is 3. The summed E-state index contributed by atoms with van der Waals surface area (Å²) in [6, 6.07) is 16.6. The molecule has 0 radical (unpaired) electrons. The number of nitrogens with one attached hydrogen (secondary N) is 1. The number of benzene rings is 1. The van der Waals surface area contributed by atoms with Crippen LogP contribution in [0.4, 0.5) is 22.5 Å². The molecule has 1 N–H and O–H groups in total. The number of hydrogen-bond donors (Lipinski definition) is 1. The second-order valence-corrected chi connectivity index (χ2v) is 8.91. The van der Waals surface area contributed by atoms with Crippen LogP contribution < -0.4 is 10.2 Å². The first-order chi connectivity index (χ1) is 15.7. The first kappa shape index (κ1) is 20.8. The predicted octanol–water partition coefficient (Wildman–Crippen LogP) is 4.74. The monoisotopic (exact) mass is 446 g/mol. The Bertz CT molecular complexity index is 1200. The molecule has 0 aliphatic carbocycles. The van der Waals surface area contributed by atoms with Gasteiger partial charge in [-0.2, -0.15) is 0 Å². The topological polar surface area (TPSA) is 66.4 Å². The zero-order valence-corrected chi connectivity index (χ0v) is 19.1. The van der Waals surface area contributed by atoms with Crippen molar-refractivity contribution >= 4 is 44.1 Å². The highest BCUT2D eigenvalue weighted by Crippen LogP contribution is 2.31. The highest BCUT2D eigenvalue weighted by atomic mass is 32.1. The summed E-state index contributed by atoms with van der Waals surface area (Å²) in [5, 5.41) is 4.22. The van der Waals surface area contributed by atoms with E-state index in [2.05, 4.69) is 57.4 Å². The number of anilines is 4. The van der Waals surface area contributed by atoms with E-state index in [1.54, 1.807) is 11.3 Å². The molecule has 1 aliphatic heterocycles. The molecule has 32 heavy (non-hydrogen) atoms. The van der Waals surface area contributed by atoms with Gasteiger partial charge in [-0.1, -0.05) is 35.1 Å². The van der Waals surface area contributed by atoms with Gasteiger partial charge in [0.25, 0.3) is 0 Å². The maximum absolute atomic E-state index is 5.47. The van der Waals surface area contributed by atoms with Crippen molar-refractivity contribution in [1.82, 2.24) is 19.9 Å². The first-order valence-corrected chi connectivity index (χ1v) is 11.6. The Hall–Kier alpha value is -3.07. The van der Waals surface area contributed by atoms with E-state index in [0.717, 1.165) is 71.2 Å². The molecule has 3 aromatic heterocycles. The first-order valence-electron chi connectivity index (χ1n) is 10.7. The Kier molecular flexibility index (Phi) is 5.98. The summed E-state index contributed by atoms with van der Waals surface area (Å²) in [5.74, 6) is 1.73. The molecule has 5 rings (SSSR count). The number of fused-ring (bicyclic) bond motifs is 1. The Morgan fingerprint density at radius 2 is 1.88 bits per heavy atom. The van der Waals surface area contributed by atoms with Crippen molar-refractivity contribution in [3.8, 4) is 0 Å². The summed E-state index contributed by atoms with van der Waals surface area (Å²) in [5.41, 5.74) is 4.38. The van der Waals surface area contributed by atoms with Crippen molar-refractivity contribution in [2.24, 2.45) is 0 Å². The van der Waals surface area contributed by atoms with E-state index >= 15 is 0 Å². The van der Waals surface area contributed by atoms with Crippen molar-refractivity contribution in [2.75, 3.05) is 43.6 Å². The summed E-state index contributed by atoms with van der Waals surface area (Å²) in [7, 11) is 2.03. The minimum atomic E-state index is 0.784. The summed E-state index contributed by atoms with van der Waals surface area (Å²) < 4.78 is 5.47. The Balaban J connectivity index is 1.36. The number of morpholine rings is 1. The average Bonchev–Trinajstić information content (AvgIpc) is 3.22. The van der Waals surface area contributed by atoms with E-state index in [1.807, 2.05) is 31.4 Å². The largest absolute Gasteiger partial charge is 0.379 e. The number of nitrogens with zero attached hydrogens (tertiary/aromatic N) is 5. The van der Waals surface area contributed by atoms with Crippen LogP contribution in [0, 0.1) is 6.92 Å². The molecule has 164 valence electrons. The summed E-state index contributed by atoms with van der Waals surface area (Å²) in [4.78, 5) is 19.5. The second kappa shape index (κ2) is 9.20. The normalized spacial score (nSPS) is 14.6. The predicted molar refractivity (Wildman–Crippen MR) is 130 cm³/mol. The van der Waals surface area contributed by atoms with Crippen LogP contribution in [0.5, 0.6) is 0 Å². The third-order valence-corrected chi connectivity index (χ3v) is 6.50. The lowest BCUT2D eigenvalue weighted by molar-refractivity contribution is 0.0342. The fourth-order valence-electron chi connectivity index (χ4n) is 3.73. The van der Waals surface area contributed by atoms with Crippen LogP contribution in [0.15, 0.2) is 54.7 Å². The molecular weight excluding hydrogens is 420 g/mol. The average molecular weight is 447 g/mol. The number of rotatable bonds is 6. The Morgan fingerprint density at radius 1 is 1.06 bits per heavy atom. The fraction of sp³-hybridized carbons (Fsp3) is 0.292. The van der Waals surface area contributed by atoms with Crippen LogP contribution in [-0.2, 0) is 11.3 Å². The molecule has 0 bridgehead atoms. The number of aryl methyl sites for hydroxylation is 1. The maximum atomic E-state index is 5.47. The standard InChI is InChI=1S/C24H26N6OS/c1-17-5-7-19(8-6-17)29(2)21-10-9-20-23(27-21)32-24(26-20)28-22-18(4-3-11-25-22)16-30-12-14-31-15-13-30/h3-11H,12-16H2,1-2H3,(H,25,26,28). The molecule has 1 saturated heterocycles. The molecule has 0 spiro atoms.